The summed E-state index contributed by atoms with van der Waals surface area (Å²) >= 11 is 3.25. The molecule has 0 spiro atoms. The van der Waals surface area contributed by atoms with E-state index in [9.17, 15) is 8.42 Å². The van der Waals surface area contributed by atoms with Gasteiger partial charge >= 0.3 is 0 Å². The lowest BCUT2D eigenvalue weighted by atomic mass is 10.5. The van der Waals surface area contributed by atoms with E-state index in [1.54, 1.807) is 0 Å². The summed E-state index contributed by atoms with van der Waals surface area (Å²) in [5, 5.41) is 0. The van der Waals surface area contributed by atoms with Gasteiger partial charge in [-0.15, -0.1) is 0 Å². The molecule has 0 rings (SSSR count). The lowest BCUT2D eigenvalue weighted by Crippen LogP contribution is -2.30. The van der Waals surface area contributed by atoms with Gasteiger partial charge in [0.05, 0.1) is 5.75 Å². The van der Waals surface area contributed by atoms with Gasteiger partial charge in [-0.1, -0.05) is 29.8 Å². The Kier molecular flexibility index (Phi) is 5.29. The number of halogens is 1. The van der Waals surface area contributed by atoms with Gasteiger partial charge in [0.15, 0.2) is 0 Å². The maximum absolute atomic E-state index is 11.0. The Morgan fingerprint density at radius 2 is 2.09 bits per heavy atom. The summed E-state index contributed by atoms with van der Waals surface area (Å²) < 4.78 is 24.5. The molecule has 0 aromatic heterocycles. The maximum atomic E-state index is 11.0. The Morgan fingerprint density at radius 3 is 2.45 bits per heavy atom. The van der Waals surface area contributed by atoms with Gasteiger partial charge < -0.3 is 0 Å². The molecule has 0 saturated carbocycles. The lowest BCUT2D eigenvalue weighted by Gasteiger charge is -2.05. The van der Waals surface area contributed by atoms with Gasteiger partial charge in [-0.2, -0.15) is 0 Å². The van der Waals surface area contributed by atoms with Gasteiger partial charge in [0, 0.05) is 11.4 Å². The molecule has 1 N–H and O–H groups in total. The van der Waals surface area contributed by atoms with Crippen molar-refractivity contribution in [2.24, 2.45) is 0 Å². The van der Waals surface area contributed by atoms with Gasteiger partial charge in [-0.05, 0) is 6.42 Å². The molecule has 1 unspecified atom stereocenters. The SMILES string of the molecule is CCCS(=O)(=O)NCC(C)Br. The third-order valence-electron chi connectivity index (χ3n) is 1.06. The quantitative estimate of drug-likeness (QED) is 0.736. The van der Waals surface area contributed by atoms with Crippen LogP contribution in [0, 0.1) is 0 Å². The Balaban J connectivity index is 3.74. The van der Waals surface area contributed by atoms with Crippen molar-refractivity contribution in [2.75, 3.05) is 12.3 Å². The molecular weight excluding hydrogens is 230 g/mol. The molecule has 68 valence electrons. The maximum Gasteiger partial charge on any atom is 0.211 e. The second-order valence-corrected chi connectivity index (χ2v) is 5.94. The predicted molar refractivity (Wildman–Crippen MR) is 50.5 cm³/mol. The van der Waals surface area contributed by atoms with Gasteiger partial charge in [0.2, 0.25) is 10.0 Å². The van der Waals surface area contributed by atoms with E-state index in [0.29, 0.717) is 13.0 Å². The van der Waals surface area contributed by atoms with E-state index in [2.05, 4.69) is 20.7 Å². The van der Waals surface area contributed by atoms with E-state index in [0.717, 1.165) is 0 Å². The molecule has 0 saturated heterocycles. The summed E-state index contributed by atoms with van der Waals surface area (Å²) in [4.78, 5) is 0.189. The highest BCUT2D eigenvalue weighted by molar-refractivity contribution is 9.09. The van der Waals surface area contributed by atoms with Crippen LogP contribution in [0.2, 0.25) is 0 Å². The van der Waals surface area contributed by atoms with E-state index in [1.807, 2.05) is 13.8 Å². The molecule has 0 aliphatic rings. The van der Waals surface area contributed by atoms with Crippen LogP contribution in [-0.4, -0.2) is 25.5 Å². The van der Waals surface area contributed by atoms with E-state index >= 15 is 0 Å². The third-order valence-corrected chi connectivity index (χ3v) is 2.93. The number of nitrogens with one attached hydrogen (secondary N) is 1. The molecular formula is C6H14BrNO2S. The monoisotopic (exact) mass is 243 g/mol. The van der Waals surface area contributed by atoms with Crippen LogP contribution in [-0.2, 0) is 10.0 Å². The normalized spacial score (nSPS) is 14.8. The Hall–Kier alpha value is 0.390. The summed E-state index contributed by atoms with van der Waals surface area (Å²) in [5.74, 6) is 0.215. The fourth-order valence-corrected chi connectivity index (χ4v) is 2.14. The first-order chi connectivity index (χ1) is 4.98. The molecule has 0 aliphatic heterocycles. The highest BCUT2D eigenvalue weighted by Gasteiger charge is 2.08. The molecule has 0 heterocycles. The van der Waals surface area contributed by atoms with Gasteiger partial charge in [-0.3, -0.25) is 0 Å². The minimum absolute atomic E-state index is 0.189. The fraction of sp³-hybridized carbons (Fsp3) is 1.00. The average Bonchev–Trinajstić information content (AvgIpc) is 1.84. The van der Waals surface area contributed by atoms with Crippen molar-refractivity contribution >= 4 is 26.0 Å². The van der Waals surface area contributed by atoms with Crippen molar-refractivity contribution < 1.29 is 8.42 Å². The average molecular weight is 244 g/mol. The first-order valence-electron chi connectivity index (χ1n) is 3.59. The minimum atomic E-state index is -3.01. The van der Waals surface area contributed by atoms with E-state index < -0.39 is 10.0 Å². The topological polar surface area (TPSA) is 46.2 Å². The second kappa shape index (κ2) is 5.11. The first-order valence-corrected chi connectivity index (χ1v) is 6.16. The van der Waals surface area contributed by atoms with Crippen molar-refractivity contribution in [3.8, 4) is 0 Å². The summed E-state index contributed by atoms with van der Waals surface area (Å²) in [6.07, 6.45) is 0.659. The largest absolute Gasteiger partial charge is 0.214 e. The third kappa shape index (κ3) is 6.77. The Bertz CT molecular complexity index is 189. The molecule has 0 bridgehead atoms. The Labute approximate surface area is 76.7 Å². The summed E-state index contributed by atoms with van der Waals surface area (Å²) in [7, 11) is -3.01. The zero-order chi connectivity index (χ0) is 8.91. The van der Waals surface area contributed by atoms with Crippen molar-refractivity contribution in [3.63, 3.8) is 0 Å². The Morgan fingerprint density at radius 1 is 1.55 bits per heavy atom. The van der Waals surface area contributed by atoms with Crippen LogP contribution in [0.4, 0.5) is 0 Å². The highest BCUT2D eigenvalue weighted by atomic mass is 79.9. The van der Waals surface area contributed by atoms with Crippen LogP contribution < -0.4 is 4.72 Å². The molecule has 0 aromatic rings. The number of sulfonamides is 1. The van der Waals surface area contributed by atoms with Crippen molar-refractivity contribution in [1.82, 2.24) is 4.72 Å². The number of hydrogen-bond acceptors (Lipinski definition) is 2. The molecule has 0 fully saturated rings. The molecule has 0 radical (unpaired) electrons. The smallest absolute Gasteiger partial charge is 0.211 e. The van der Waals surface area contributed by atoms with Crippen LogP contribution in [0.25, 0.3) is 0 Å². The van der Waals surface area contributed by atoms with Gasteiger partial charge in [0.25, 0.3) is 0 Å². The molecule has 0 aliphatic carbocycles. The standard InChI is InChI=1S/C6H14BrNO2S/c1-3-4-11(9,10)8-5-6(2)7/h6,8H,3-5H2,1-2H3. The number of hydrogen-bond donors (Lipinski definition) is 1. The van der Waals surface area contributed by atoms with Gasteiger partial charge in [-0.25, -0.2) is 13.1 Å². The lowest BCUT2D eigenvalue weighted by molar-refractivity contribution is 0.580. The summed E-state index contributed by atoms with van der Waals surface area (Å²) in [6, 6.07) is 0. The van der Waals surface area contributed by atoms with Crippen molar-refractivity contribution in [2.45, 2.75) is 25.1 Å². The first kappa shape index (κ1) is 11.4. The molecule has 0 amide bonds. The highest BCUT2D eigenvalue weighted by Crippen LogP contribution is 1.96. The molecule has 5 heteroatoms. The zero-order valence-corrected chi connectivity index (χ0v) is 9.20. The second-order valence-electron chi connectivity index (χ2n) is 2.45. The minimum Gasteiger partial charge on any atom is -0.214 e. The molecule has 1 atom stereocenters. The number of alkyl halides is 1. The summed E-state index contributed by atoms with van der Waals surface area (Å²) in [5.41, 5.74) is 0. The van der Waals surface area contributed by atoms with E-state index in [4.69, 9.17) is 0 Å². The van der Waals surface area contributed by atoms with Crippen LogP contribution in [0.15, 0.2) is 0 Å². The van der Waals surface area contributed by atoms with Crippen molar-refractivity contribution in [1.29, 1.82) is 0 Å². The van der Waals surface area contributed by atoms with E-state index in [1.165, 1.54) is 0 Å². The van der Waals surface area contributed by atoms with Crippen LogP contribution >= 0.6 is 15.9 Å². The van der Waals surface area contributed by atoms with E-state index in [-0.39, 0.29) is 10.6 Å². The molecule has 3 nitrogen and oxygen atoms in total. The summed E-state index contributed by atoms with van der Waals surface area (Å²) in [6.45, 7) is 4.20. The van der Waals surface area contributed by atoms with Crippen LogP contribution in [0.3, 0.4) is 0 Å². The van der Waals surface area contributed by atoms with Crippen LogP contribution in [0.5, 0.6) is 0 Å². The predicted octanol–water partition coefficient (Wildman–Crippen LogP) is 1.10. The fourth-order valence-electron chi connectivity index (χ4n) is 0.583. The number of rotatable bonds is 5. The van der Waals surface area contributed by atoms with Gasteiger partial charge in [0.1, 0.15) is 0 Å². The van der Waals surface area contributed by atoms with Crippen molar-refractivity contribution in [3.05, 3.63) is 0 Å². The molecule has 0 aromatic carbocycles. The molecule has 11 heavy (non-hydrogen) atoms. The van der Waals surface area contributed by atoms with Crippen LogP contribution in [0.1, 0.15) is 20.3 Å². The zero-order valence-electron chi connectivity index (χ0n) is 6.80.